The van der Waals surface area contributed by atoms with Gasteiger partial charge in [0.1, 0.15) is 11.5 Å². The van der Waals surface area contributed by atoms with E-state index in [1.807, 2.05) is 38.4 Å². The number of nitrogens with zero attached hydrogens (tertiary/aromatic N) is 5. The van der Waals surface area contributed by atoms with Crippen molar-refractivity contribution in [3.05, 3.63) is 48.1 Å². The van der Waals surface area contributed by atoms with Crippen molar-refractivity contribution in [2.45, 2.75) is 26.3 Å². The van der Waals surface area contributed by atoms with E-state index in [0.717, 1.165) is 42.0 Å². The van der Waals surface area contributed by atoms with Gasteiger partial charge in [-0.3, -0.25) is 14.4 Å². The van der Waals surface area contributed by atoms with Crippen LogP contribution in [0.1, 0.15) is 24.2 Å². The molecule has 0 radical (unpaired) electrons. The Kier molecular flexibility index (Phi) is 5.21. The highest BCUT2D eigenvalue weighted by atomic mass is 16.5. The Balaban J connectivity index is 1.37. The Morgan fingerprint density at radius 1 is 1.43 bits per heavy atom. The first kappa shape index (κ1) is 18.4. The summed E-state index contributed by atoms with van der Waals surface area (Å²) in [7, 11) is 1.87. The number of likely N-dealkylation sites (tertiary alicyclic amines) is 1. The summed E-state index contributed by atoms with van der Waals surface area (Å²) < 4.78 is 7.24. The Morgan fingerprint density at radius 2 is 2.32 bits per heavy atom. The van der Waals surface area contributed by atoms with E-state index in [4.69, 9.17) is 4.52 Å². The van der Waals surface area contributed by atoms with Crippen molar-refractivity contribution >= 4 is 11.7 Å². The van der Waals surface area contributed by atoms with Gasteiger partial charge in [-0.1, -0.05) is 11.2 Å². The monoisotopic (exact) mass is 380 g/mol. The summed E-state index contributed by atoms with van der Waals surface area (Å²) in [5.41, 5.74) is 2.67. The molecule has 1 aliphatic rings. The van der Waals surface area contributed by atoms with Crippen molar-refractivity contribution in [2.24, 2.45) is 13.0 Å². The third kappa shape index (κ3) is 4.12. The molecule has 1 fully saturated rings. The maximum Gasteiger partial charge on any atom is 0.229 e. The molecule has 8 nitrogen and oxygen atoms in total. The summed E-state index contributed by atoms with van der Waals surface area (Å²) in [6.45, 7) is 4.22. The smallest absolute Gasteiger partial charge is 0.229 e. The molecule has 146 valence electrons. The minimum absolute atomic E-state index is 0.0279. The van der Waals surface area contributed by atoms with Crippen LogP contribution >= 0.6 is 0 Å². The van der Waals surface area contributed by atoms with E-state index < -0.39 is 0 Å². The first-order chi connectivity index (χ1) is 13.6. The van der Waals surface area contributed by atoms with Crippen LogP contribution in [0, 0.1) is 12.8 Å². The molecule has 3 aromatic rings. The molecule has 0 saturated carbocycles. The van der Waals surface area contributed by atoms with Gasteiger partial charge in [0.05, 0.1) is 18.7 Å². The molecule has 8 heteroatoms. The molecule has 4 rings (SSSR count). The summed E-state index contributed by atoms with van der Waals surface area (Å²) in [6, 6.07) is 5.75. The van der Waals surface area contributed by atoms with Crippen LogP contribution in [0.2, 0.25) is 0 Å². The van der Waals surface area contributed by atoms with Gasteiger partial charge in [-0.05, 0) is 37.9 Å². The Hall–Kier alpha value is -3.00. The average molecular weight is 380 g/mol. The minimum Gasteiger partial charge on any atom is -0.359 e. The number of rotatable bonds is 5. The molecule has 0 spiro atoms. The van der Waals surface area contributed by atoms with Crippen LogP contribution in [0.5, 0.6) is 0 Å². The largest absolute Gasteiger partial charge is 0.359 e. The number of carbonyl (C=O) groups excluding carboxylic acids is 1. The number of hydrogen-bond acceptors (Lipinski definition) is 6. The van der Waals surface area contributed by atoms with Gasteiger partial charge in [0.15, 0.2) is 5.76 Å². The highest BCUT2D eigenvalue weighted by Crippen LogP contribution is 2.23. The molecular weight excluding hydrogens is 356 g/mol. The summed E-state index contributed by atoms with van der Waals surface area (Å²) in [6.07, 6.45) is 7.22. The Morgan fingerprint density at radius 3 is 3.11 bits per heavy atom. The van der Waals surface area contributed by atoms with Gasteiger partial charge in [-0.25, -0.2) is 4.98 Å². The van der Waals surface area contributed by atoms with E-state index in [1.165, 1.54) is 0 Å². The lowest BCUT2D eigenvalue weighted by Gasteiger charge is -2.31. The van der Waals surface area contributed by atoms with E-state index in [2.05, 4.69) is 25.5 Å². The van der Waals surface area contributed by atoms with E-state index >= 15 is 0 Å². The zero-order valence-corrected chi connectivity index (χ0v) is 16.1. The molecular formula is C20H24N6O2. The molecule has 1 N–H and O–H groups in total. The second-order valence-electron chi connectivity index (χ2n) is 7.31. The van der Waals surface area contributed by atoms with Gasteiger partial charge in [0.2, 0.25) is 5.91 Å². The quantitative estimate of drug-likeness (QED) is 0.732. The van der Waals surface area contributed by atoms with Crippen molar-refractivity contribution in [3.8, 4) is 11.3 Å². The third-order valence-corrected chi connectivity index (χ3v) is 5.07. The number of amides is 1. The van der Waals surface area contributed by atoms with Gasteiger partial charge < -0.3 is 9.84 Å². The van der Waals surface area contributed by atoms with Crippen LogP contribution in [0.15, 0.2) is 41.3 Å². The molecule has 28 heavy (non-hydrogen) atoms. The molecule has 0 unspecified atom stereocenters. The molecule has 1 amide bonds. The van der Waals surface area contributed by atoms with Gasteiger partial charge in [-0.2, -0.15) is 5.10 Å². The van der Waals surface area contributed by atoms with Crippen molar-refractivity contribution < 1.29 is 9.32 Å². The first-order valence-corrected chi connectivity index (χ1v) is 9.48. The molecule has 0 aliphatic carbocycles. The van der Waals surface area contributed by atoms with Crippen molar-refractivity contribution in [2.75, 3.05) is 18.4 Å². The van der Waals surface area contributed by atoms with Crippen LogP contribution < -0.4 is 5.32 Å². The lowest BCUT2D eigenvalue weighted by atomic mass is 9.97. The van der Waals surface area contributed by atoms with E-state index in [-0.39, 0.29) is 11.8 Å². The predicted molar refractivity (Wildman–Crippen MR) is 104 cm³/mol. The topological polar surface area (TPSA) is 89.1 Å². The lowest BCUT2D eigenvalue weighted by Crippen LogP contribution is -2.40. The average Bonchev–Trinajstić information content (AvgIpc) is 3.33. The first-order valence-electron chi connectivity index (χ1n) is 9.48. The van der Waals surface area contributed by atoms with Gasteiger partial charge in [0.25, 0.3) is 0 Å². The number of hydrogen-bond donors (Lipinski definition) is 1. The zero-order valence-electron chi connectivity index (χ0n) is 16.1. The van der Waals surface area contributed by atoms with Crippen LogP contribution in [0.4, 0.5) is 5.82 Å². The SMILES string of the molecule is Cc1cccnc1NC(=O)[C@@H]1CCCN(Cc2cc(-c3cnn(C)c3)no2)C1. The molecule has 0 bridgehead atoms. The van der Waals surface area contributed by atoms with Gasteiger partial charge in [-0.15, -0.1) is 0 Å². The van der Waals surface area contributed by atoms with Crippen LogP contribution in [-0.4, -0.2) is 43.8 Å². The zero-order chi connectivity index (χ0) is 19.5. The van der Waals surface area contributed by atoms with E-state index in [1.54, 1.807) is 17.1 Å². The van der Waals surface area contributed by atoms with Crippen molar-refractivity contribution in [1.29, 1.82) is 0 Å². The second-order valence-corrected chi connectivity index (χ2v) is 7.31. The lowest BCUT2D eigenvalue weighted by molar-refractivity contribution is -0.121. The Labute approximate surface area is 163 Å². The van der Waals surface area contributed by atoms with Gasteiger partial charge >= 0.3 is 0 Å². The summed E-state index contributed by atoms with van der Waals surface area (Å²) in [4.78, 5) is 19.2. The normalized spacial score (nSPS) is 17.6. The van der Waals surface area contributed by atoms with Crippen LogP contribution in [-0.2, 0) is 18.4 Å². The van der Waals surface area contributed by atoms with Gasteiger partial charge in [0, 0.05) is 37.6 Å². The number of pyridine rings is 1. The molecule has 1 aliphatic heterocycles. The maximum atomic E-state index is 12.7. The number of aryl methyl sites for hydroxylation is 2. The number of aromatic nitrogens is 4. The fraction of sp³-hybridized carbons (Fsp3) is 0.400. The van der Waals surface area contributed by atoms with Crippen molar-refractivity contribution in [3.63, 3.8) is 0 Å². The molecule has 1 saturated heterocycles. The highest BCUT2D eigenvalue weighted by molar-refractivity contribution is 5.92. The summed E-state index contributed by atoms with van der Waals surface area (Å²) >= 11 is 0. The molecule has 4 heterocycles. The van der Waals surface area contributed by atoms with Crippen LogP contribution in [0.3, 0.4) is 0 Å². The fourth-order valence-corrected chi connectivity index (χ4v) is 3.55. The number of nitrogens with one attached hydrogen (secondary N) is 1. The molecule has 1 atom stereocenters. The highest BCUT2D eigenvalue weighted by Gasteiger charge is 2.27. The summed E-state index contributed by atoms with van der Waals surface area (Å²) in [5.74, 6) is 1.40. The number of carbonyl (C=O) groups is 1. The fourth-order valence-electron chi connectivity index (χ4n) is 3.55. The second kappa shape index (κ2) is 7.93. The van der Waals surface area contributed by atoms with E-state index in [9.17, 15) is 4.79 Å². The predicted octanol–water partition coefficient (Wildman–Crippen LogP) is 2.63. The minimum atomic E-state index is -0.0594. The van der Waals surface area contributed by atoms with Crippen LogP contribution in [0.25, 0.3) is 11.3 Å². The Bertz CT molecular complexity index is 963. The number of anilines is 1. The summed E-state index contributed by atoms with van der Waals surface area (Å²) in [5, 5.41) is 11.3. The molecule has 3 aromatic heterocycles. The number of piperidine rings is 1. The van der Waals surface area contributed by atoms with Crippen molar-refractivity contribution in [1.82, 2.24) is 24.8 Å². The third-order valence-electron chi connectivity index (χ3n) is 5.07. The maximum absolute atomic E-state index is 12.7. The van der Waals surface area contributed by atoms with E-state index in [0.29, 0.717) is 18.9 Å². The standard InChI is InChI=1S/C20H24N6O2/c1-14-5-3-7-21-19(14)23-20(27)15-6-4-8-26(12-15)13-17-9-18(24-28-17)16-10-22-25(2)11-16/h3,5,7,9-11,15H,4,6,8,12-13H2,1-2H3,(H,21,23,27)/t15-/m1/s1. The molecule has 0 aromatic carbocycles.